The van der Waals surface area contributed by atoms with Crippen LogP contribution in [0.15, 0.2) is 10.7 Å². The van der Waals surface area contributed by atoms with E-state index in [2.05, 4.69) is 21.0 Å². The third kappa shape index (κ3) is 3.40. The van der Waals surface area contributed by atoms with Gasteiger partial charge in [0, 0.05) is 13.0 Å². The van der Waals surface area contributed by atoms with Crippen LogP contribution in [0.5, 0.6) is 0 Å². The zero-order valence-electron chi connectivity index (χ0n) is 9.61. The van der Waals surface area contributed by atoms with E-state index in [1.54, 1.807) is 10.9 Å². The van der Waals surface area contributed by atoms with Crippen LogP contribution in [0.25, 0.3) is 0 Å². The molecule has 0 fully saturated rings. The fourth-order valence-electron chi connectivity index (χ4n) is 1.35. The van der Waals surface area contributed by atoms with E-state index in [1.165, 1.54) is 0 Å². The van der Waals surface area contributed by atoms with Crippen LogP contribution in [-0.2, 0) is 6.54 Å². The Balaban J connectivity index is 2.81. The van der Waals surface area contributed by atoms with Gasteiger partial charge in [0.1, 0.15) is 5.69 Å². The number of Topliss-reactive ketones (excluding diaryl/α,β-unsaturated/α-hetero) is 1. The summed E-state index contributed by atoms with van der Waals surface area (Å²) in [5.74, 6) is 0.0330. The Kier molecular flexibility index (Phi) is 5.11. The van der Waals surface area contributed by atoms with E-state index in [4.69, 9.17) is 5.73 Å². The fourth-order valence-corrected chi connectivity index (χ4v) is 1.87. The van der Waals surface area contributed by atoms with E-state index in [0.717, 1.165) is 11.0 Å². The molecular formula is C10H17BrN4O. The van der Waals surface area contributed by atoms with Crippen molar-refractivity contribution in [3.05, 3.63) is 16.4 Å². The lowest BCUT2D eigenvalue weighted by Gasteiger charge is -2.11. The average Bonchev–Trinajstić information content (AvgIpc) is 2.57. The minimum absolute atomic E-state index is 0.0330. The van der Waals surface area contributed by atoms with Crippen molar-refractivity contribution in [1.82, 2.24) is 14.7 Å². The molecule has 0 atom stereocenters. The lowest BCUT2D eigenvalue weighted by Crippen LogP contribution is -2.22. The van der Waals surface area contributed by atoms with E-state index in [1.807, 2.05) is 19.0 Å². The highest BCUT2D eigenvalue weighted by Crippen LogP contribution is 2.17. The second-order valence-corrected chi connectivity index (χ2v) is 4.68. The molecule has 5 nitrogen and oxygen atoms in total. The fraction of sp³-hybridized carbons (Fsp3) is 0.600. The van der Waals surface area contributed by atoms with Crippen LogP contribution < -0.4 is 5.73 Å². The summed E-state index contributed by atoms with van der Waals surface area (Å²) < 4.78 is 2.46. The average molecular weight is 289 g/mol. The van der Waals surface area contributed by atoms with Crippen molar-refractivity contribution in [3.63, 3.8) is 0 Å². The number of hydrogen-bond acceptors (Lipinski definition) is 4. The van der Waals surface area contributed by atoms with Crippen molar-refractivity contribution < 1.29 is 4.79 Å². The molecule has 1 rings (SSSR count). The summed E-state index contributed by atoms with van der Waals surface area (Å²) in [5, 5.41) is 4.17. The van der Waals surface area contributed by atoms with E-state index in [0.29, 0.717) is 25.2 Å². The van der Waals surface area contributed by atoms with Gasteiger partial charge in [0.05, 0.1) is 17.2 Å². The summed E-state index contributed by atoms with van der Waals surface area (Å²) in [4.78, 5) is 13.9. The minimum Gasteiger partial charge on any atom is -0.330 e. The van der Waals surface area contributed by atoms with Gasteiger partial charge >= 0.3 is 0 Å². The first-order valence-corrected chi connectivity index (χ1v) is 5.95. The van der Waals surface area contributed by atoms with Gasteiger partial charge in [-0.25, -0.2) is 0 Å². The van der Waals surface area contributed by atoms with Crippen LogP contribution in [0, 0.1) is 0 Å². The highest BCUT2D eigenvalue weighted by atomic mass is 79.9. The topological polar surface area (TPSA) is 64.2 Å². The van der Waals surface area contributed by atoms with Crippen molar-refractivity contribution in [1.29, 1.82) is 0 Å². The number of rotatable bonds is 6. The SMILES string of the molecule is CN(C)CCn1ncc(Br)c1C(=O)CCN. The smallest absolute Gasteiger partial charge is 0.183 e. The number of hydrogen-bond donors (Lipinski definition) is 1. The molecule has 2 N–H and O–H groups in total. The van der Waals surface area contributed by atoms with E-state index >= 15 is 0 Å². The number of aromatic nitrogens is 2. The van der Waals surface area contributed by atoms with Crippen LogP contribution in [-0.4, -0.2) is 47.6 Å². The van der Waals surface area contributed by atoms with Gasteiger partial charge in [-0.05, 0) is 36.6 Å². The van der Waals surface area contributed by atoms with Gasteiger partial charge in [-0.15, -0.1) is 0 Å². The molecule has 0 amide bonds. The van der Waals surface area contributed by atoms with Gasteiger partial charge < -0.3 is 10.6 Å². The maximum absolute atomic E-state index is 11.8. The standard InChI is InChI=1S/C10H17BrN4O/c1-14(2)5-6-15-10(8(11)7-13-15)9(16)3-4-12/h7H,3-6,12H2,1-2H3. The molecular weight excluding hydrogens is 272 g/mol. The first-order chi connectivity index (χ1) is 7.56. The van der Waals surface area contributed by atoms with Crippen LogP contribution in [0.1, 0.15) is 16.9 Å². The van der Waals surface area contributed by atoms with Gasteiger partial charge in [0.15, 0.2) is 5.78 Å². The molecule has 16 heavy (non-hydrogen) atoms. The first kappa shape index (κ1) is 13.3. The zero-order valence-corrected chi connectivity index (χ0v) is 11.2. The number of nitrogens with two attached hydrogens (primary N) is 1. The van der Waals surface area contributed by atoms with Crippen molar-refractivity contribution >= 4 is 21.7 Å². The van der Waals surface area contributed by atoms with Crippen molar-refractivity contribution in [2.75, 3.05) is 27.2 Å². The Bertz CT molecular complexity index is 362. The summed E-state index contributed by atoms with van der Waals surface area (Å²) >= 11 is 3.34. The lowest BCUT2D eigenvalue weighted by molar-refractivity contribution is 0.0973. The second kappa shape index (κ2) is 6.12. The molecule has 0 bridgehead atoms. The van der Waals surface area contributed by atoms with Gasteiger partial charge in [0.25, 0.3) is 0 Å². The Morgan fingerprint density at radius 3 is 2.88 bits per heavy atom. The summed E-state index contributed by atoms with van der Waals surface area (Å²) in [5.41, 5.74) is 6.00. The lowest BCUT2D eigenvalue weighted by atomic mass is 10.2. The Morgan fingerprint density at radius 2 is 2.31 bits per heavy atom. The van der Waals surface area contributed by atoms with Crippen LogP contribution in [0.3, 0.4) is 0 Å². The molecule has 6 heteroatoms. The maximum Gasteiger partial charge on any atom is 0.183 e. The predicted molar refractivity (Wildman–Crippen MR) is 66.5 cm³/mol. The molecule has 0 aliphatic carbocycles. The van der Waals surface area contributed by atoms with E-state index in [9.17, 15) is 4.79 Å². The Labute approximate surface area is 104 Å². The number of carbonyl (C=O) groups is 1. The Morgan fingerprint density at radius 1 is 1.62 bits per heavy atom. The summed E-state index contributed by atoms with van der Waals surface area (Å²) in [6, 6.07) is 0. The molecule has 1 aromatic rings. The summed E-state index contributed by atoms with van der Waals surface area (Å²) in [6.07, 6.45) is 2.01. The molecule has 0 aliphatic heterocycles. The van der Waals surface area contributed by atoms with Crippen LogP contribution >= 0.6 is 15.9 Å². The molecule has 0 spiro atoms. The van der Waals surface area contributed by atoms with Crippen molar-refractivity contribution in [2.24, 2.45) is 5.73 Å². The molecule has 1 heterocycles. The molecule has 0 radical (unpaired) electrons. The van der Waals surface area contributed by atoms with Gasteiger partial charge in [0.2, 0.25) is 0 Å². The number of nitrogens with zero attached hydrogens (tertiary/aromatic N) is 3. The summed E-state index contributed by atoms with van der Waals surface area (Å²) in [6.45, 7) is 1.91. The molecule has 90 valence electrons. The van der Waals surface area contributed by atoms with Crippen molar-refractivity contribution in [3.8, 4) is 0 Å². The second-order valence-electron chi connectivity index (χ2n) is 3.83. The molecule has 0 saturated heterocycles. The highest BCUT2D eigenvalue weighted by Gasteiger charge is 2.16. The normalized spacial score (nSPS) is 11.1. The van der Waals surface area contributed by atoms with E-state index < -0.39 is 0 Å². The summed E-state index contributed by atoms with van der Waals surface area (Å²) in [7, 11) is 3.97. The third-order valence-electron chi connectivity index (χ3n) is 2.19. The van der Waals surface area contributed by atoms with E-state index in [-0.39, 0.29) is 5.78 Å². The number of halogens is 1. The monoisotopic (exact) mass is 288 g/mol. The molecule has 0 unspecified atom stereocenters. The molecule has 0 aliphatic rings. The molecule has 0 saturated carbocycles. The Hall–Kier alpha value is -0.720. The van der Waals surface area contributed by atoms with Gasteiger partial charge in [-0.1, -0.05) is 0 Å². The van der Waals surface area contributed by atoms with Gasteiger partial charge in [-0.2, -0.15) is 5.10 Å². The maximum atomic E-state index is 11.8. The highest BCUT2D eigenvalue weighted by molar-refractivity contribution is 9.10. The zero-order chi connectivity index (χ0) is 12.1. The minimum atomic E-state index is 0.0330. The number of likely N-dealkylation sites (N-methyl/N-ethyl adjacent to an activating group) is 1. The number of carbonyl (C=O) groups excluding carboxylic acids is 1. The van der Waals surface area contributed by atoms with Crippen molar-refractivity contribution in [2.45, 2.75) is 13.0 Å². The largest absolute Gasteiger partial charge is 0.330 e. The predicted octanol–water partition coefficient (Wildman–Crippen LogP) is 0.739. The van der Waals surface area contributed by atoms with Crippen LogP contribution in [0.4, 0.5) is 0 Å². The molecule has 0 aromatic carbocycles. The first-order valence-electron chi connectivity index (χ1n) is 5.15. The third-order valence-corrected chi connectivity index (χ3v) is 2.77. The quantitative estimate of drug-likeness (QED) is 0.785. The van der Waals surface area contributed by atoms with Crippen LogP contribution in [0.2, 0.25) is 0 Å². The van der Waals surface area contributed by atoms with Gasteiger partial charge in [-0.3, -0.25) is 9.48 Å². The number of ketones is 1. The molecule has 1 aromatic heterocycles.